The van der Waals surface area contributed by atoms with Crippen LogP contribution in [0, 0.1) is 11.6 Å². The molecule has 2 aromatic carbocycles. The molecule has 1 aliphatic heterocycles. The first-order chi connectivity index (χ1) is 13.6. The predicted octanol–water partition coefficient (Wildman–Crippen LogP) is 3.99. The Morgan fingerprint density at radius 1 is 0.893 bits per heavy atom. The Kier molecular flexibility index (Phi) is 5.66. The molecule has 4 rings (SSSR count). The lowest BCUT2D eigenvalue weighted by Gasteiger charge is -2.34. The summed E-state index contributed by atoms with van der Waals surface area (Å²) in [4.78, 5) is 8.93. The first-order valence-corrected chi connectivity index (χ1v) is 9.42. The quantitative estimate of drug-likeness (QED) is 0.643. The van der Waals surface area contributed by atoms with Gasteiger partial charge < -0.3 is 4.52 Å². The average Bonchev–Trinajstić information content (AvgIpc) is 3.14. The van der Waals surface area contributed by atoms with Gasteiger partial charge in [-0.3, -0.25) is 9.80 Å². The second kappa shape index (κ2) is 8.34. The second-order valence-corrected chi connectivity index (χ2v) is 7.21. The van der Waals surface area contributed by atoms with Gasteiger partial charge in [-0.15, -0.1) is 0 Å². The topological polar surface area (TPSA) is 45.4 Å². The number of aromatic nitrogens is 2. The maximum atomic E-state index is 13.2. The normalized spacial score (nSPS) is 15.8. The zero-order valence-corrected chi connectivity index (χ0v) is 15.9. The Hall–Kier alpha value is -2.35. The van der Waals surface area contributed by atoms with Gasteiger partial charge >= 0.3 is 0 Å². The summed E-state index contributed by atoms with van der Waals surface area (Å²) in [6.45, 7) is 4.71. The lowest BCUT2D eigenvalue weighted by Crippen LogP contribution is -2.45. The Balaban J connectivity index is 1.30. The van der Waals surface area contributed by atoms with E-state index >= 15 is 0 Å². The van der Waals surface area contributed by atoms with Gasteiger partial charge in [-0.2, -0.15) is 4.98 Å². The number of halogens is 3. The third-order valence-electron chi connectivity index (χ3n) is 4.80. The van der Waals surface area contributed by atoms with Crippen LogP contribution in [-0.2, 0) is 13.1 Å². The van der Waals surface area contributed by atoms with Crippen LogP contribution in [0.5, 0.6) is 0 Å². The standard InChI is InChI=1S/C20H19ClF2N4O/c21-18-11-17(23)6-3-15(18)12-26-7-9-27(10-8-26)13-19-24-20(25-28-19)14-1-4-16(22)5-2-14/h1-6,11H,7-10,12-13H2. The molecule has 0 spiro atoms. The van der Waals surface area contributed by atoms with Gasteiger partial charge in [0.15, 0.2) is 0 Å². The van der Waals surface area contributed by atoms with Crippen molar-refractivity contribution < 1.29 is 13.3 Å². The van der Waals surface area contributed by atoms with Gasteiger partial charge in [0.1, 0.15) is 11.6 Å². The minimum atomic E-state index is -0.321. The molecule has 0 N–H and O–H groups in total. The van der Waals surface area contributed by atoms with Crippen molar-refractivity contribution in [1.29, 1.82) is 0 Å². The van der Waals surface area contributed by atoms with E-state index in [1.807, 2.05) is 0 Å². The molecule has 146 valence electrons. The highest BCUT2D eigenvalue weighted by Gasteiger charge is 2.20. The van der Waals surface area contributed by atoms with Crippen molar-refractivity contribution in [2.24, 2.45) is 0 Å². The van der Waals surface area contributed by atoms with Crippen LogP contribution in [0.1, 0.15) is 11.5 Å². The molecular weight excluding hydrogens is 386 g/mol. The van der Waals surface area contributed by atoms with E-state index in [2.05, 4.69) is 19.9 Å². The van der Waals surface area contributed by atoms with E-state index in [-0.39, 0.29) is 11.6 Å². The molecule has 28 heavy (non-hydrogen) atoms. The van der Waals surface area contributed by atoms with Gasteiger partial charge in [-0.05, 0) is 42.0 Å². The van der Waals surface area contributed by atoms with Crippen molar-refractivity contribution in [2.75, 3.05) is 26.2 Å². The van der Waals surface area contributed by atoms with Crippen LogP contribution in [0.4, 0.5) is 8.78 Å². The van der Waals surface area contributed by atoms with Gasteiger partial charge in [0.2, 0.25) is 11.7 Å². The largest absolute Gasteiger partial charge is 0.338 e. The molecule has 1 aliphatic rings. The maximum Gasteiger partial charge on any atom is 0.241 e. The molecule has 0 unspecified atom stereocenters. The molecule has 1 saturated heterocycles. The van der Waals surface area contributed by atoms with E-state index in [4.69, 9.17) is 16.1 Å². The van der Waals surface area contributed by atoms with Crippen LogP contribution in [0.25, 0.3) is 11.4 Å². The first kappa shape index (κ1) is 19.0. The van der Waals surface area contributed by atoms with Crippen LogP contribution >= 0.6 is 11.6 Å². The van der Waals surface area contributed by atoms with Crippen molar-refractivity contribution in [3.05, 3.63) is 70.6 Å². The van der Waals surface area contributed by atoms with Crippen molar-refractivity contribution in [1.82, 2.24) is 19.9 Å². The highest BCUT2D eigenvalue weighted by Crippen LogP contribution is 2.21. The zero-order chi connectivity index (χ0) is 19.5. The number of rotatable bonds is 5. The summed E-state index contributed by atoms with van der Waals surface area (Å²) in [5, 5.41) is 4.44. The molecule has 5 nitrogen and oxygen atoms in total. The van der Waals surface area contributed by atoms with Crippen LogP contribution in [-0.4, -0.2) is 46.1 Å². The van der Waals surface area contributed by atoms with Crippen LogP contribution in [0.3, 0.4) is 0 Å². The number of hydrogen-bond donors (Lipinski definition) is 0. The van der Waals surface area contributed by atoms with Gasteiger partial charge in [-0.25, -0.2) is 8.78 Å². The fourth-order valence-electron chi connectivity index (χ4n) is 3.22. The van der Waals surface area contributed by atoms with E-state index in [1.165, 1.54) is 24.3 Å². The van der Waals surface area contributed by atoms with Crippen LogP contribution in [0.15, 0.2) is 47.0 Å². The monoisotopic (exact) mass is 404 g/mol. The Morgan fingerprint density at radius 3 is 2.21 bits per heavy atom. The minimum Gasteiger partial charge on any atom is -0.338 e. The summed E-state index contributed by atoms with van der Waals surface area (Å²) in [5.74, 6) is 0.374. The van der Waals surface area contributed by atoms with Crippen LogP contribution < -0.4 is 0 Å². The maximum absolute atomic E-state index is 13.2. The lowest BCUT2D eigenvalue weighted by molar-refractivity contribution is 0.112. The van der Waals surface area contributed by atoms with Crippen LogP contribution in [0.2, 0.25) is 5.02 Å². The highest BCUT2D eigenvalue weighted by atomic mass is 35.5. The van der Waals surface area contributed by atoms with E-state index in [0.29, 0.717) is 29.8 Å². The molecule has 0 saturated carbocycles. The molecule has 1 fully saturated rings. The van der Waals surface area contributed by atoms with E-state index in [0.717, 1.165) is 37.3 Å². The number of nitrogens with zero attached hydrogens (tertiary/aromatic N) is 4. The summed E-state index contributed by atoms with van der Waals surface area (Å²) >= 11 is 6.12. The third-order valence-corrected chi connectivity index (χ3v) is 5.16. The third kappa shape index (κ3) is 4.55. The van der Waals surface area contributed by atoms with Gasteiger partial charge in [0, 0.05) is 43.3 Å². The molecule has 0 aliphatic carbocycles. The summed E-state index contributed by atoms with van der Waals surface area (Å²) in [5.41, 5.74) is 1.65. The average molecular weight is 405 g/mol. The predicted molar refractivity (Wildman–Crippen MR) is 102 cm³/mol. The highest BCUT2D eigenvalue weighted by molar-refractivity contribution is 6.31. The van der Waals surface area contributed by atoms with E-state index in [1.54, 1.807) is 18.2 Å². The van der Waals surface area contributed by atoms with Gasteiger partial charge in [-0.1, -0.05) is 22.8 Å². The Morgan fingerprint density at radius 2 is 1.54 bits per heavy atom. The van der Waals surface area contributed by atoms with Crippen molar-refractivity contribution in [2.45, 2.75) is 13.1 Å². The molecule has 1 aromatic heterocycles. The lowest BCUT2D eigenvalue weighted by atomic mass is 10.2. The second-order valence-electron chi connectivity index (χ2n) is 6.81. The molecule has 2 heterocycles. The fourth-order valence-corrected chi connectivity index (χ4v) is 3.45. The Labute approximate surface area is 166 Å². The fraction of sp³-hybridized carbons (Fsp3) is 0.300. The molecule has 0 atom stereocenters. The number of hydrogen-bond acceptors (Lipinski definition) is 5. The molecule has 0 bridgehead atoms. The molecule has 3 aromatic rings. The molecule has 0 radical (unpaired) electrons. The van der Waals surface area contributed by atoms with Gasteiger partial charge in [0.25, 0.3) is 0 Å². The Bertz CT molecular complexity index is 940. The molecule has 0 amide bonds. The zero-order valence-electron chi connectivity index (χ0n) is 15.1. The van der Waals surface area contributed by atoms with Crippen molar-refractivity contribution in [3.8, 4) is 11.4 Å². The number of benzene rings is 2. The SMILES string of the molecule is Fc1ccc(-c2noc(CN3CCN(Cc4ccc(F)cc4Cl)CC3)n2)cc1. The first-order valence-electron chi connectivity index (χ1n) is 9.04. The minimum absolute atomic E-state index is 0.299. The summed E-state index contributed by atoms with van der Waals surface area (Å²) in [7, 11) is 0. The smallest absolute Gasteiger partial charge is 0.241 e. The summed E-state index contributed by atoms with van der Waals surface area (Å²) in [6, 6.07) is 10.5. The molecular formula is C20H19ClF2N4O. The van der Waals surface area contributed by atoms with E-state index in [9.17, 15) is 8.78 Å². The molecule has 8 heteroatoms. The number of piperazine rings is 1. The summed E-state index contributed by atoms with van der Waals surface area (Å²) < 4.78 is 31.5. The van der Waals surface area contributed by atoms with Crippen molar-refractivity contribution >= 4 is 11.6 Å². The van der Waals surface area contributed by atoms with Gasteiger partial charge in [0.05, 0.1) is 6.54 Å². The summed E-state index contributed by atoms with van der Waals surface area (Å²) in [6.07, 6.45) is 0. The van der Waals surface area contributed by atoms with Crippen molar-refractivity contribution in [3.63, 3.8) is 0 Å². The van der Waals surface area contributed by atoms with E-state index < -0.39 is 0 Å².